The third kappa shape index (κ3) is 5.00. The number of esters is 1. The van der Waals surface area contributed by atoms with Crippen LogP contribution in [-0.4, -0.2) is 17.6 Å². The van der Waals surface area contributed by atoms with Gasteiger partial charge in [-0.05, 0) is 31.5 Å². The lowest BCUT2D eigenvalue weighted by molar-refractivity contribution is -0.144. The van der Waals surface area contributed by atoms with Gasteiger partial charge < -0.3 is 9.72 Å². The van der Waals surface area contributed by atoms with Crippen molar-refractivity contribution >= 4 is 29.5 Å². The van der Waals surface area contributed by atoms with Crippen LogP contribution in [0.4, 0.5) is 0 Å². The molecule has 5 heteroatoms. The van der Waals surface area contributed by atoms with Crippen molar-refractivity contribution in [2.24, 2.45) is 5.92 Å². The van der Waals surface area contributed by atoms with Gasteiger partial charge in [0.25, 0.3) is 0 Å². The van der Waals surface area contributed by atoms with E-state index in [0.717, 1.165) is 23.4 Å². The minimum absolute atomic E-state index is 0.165. The number of carbonyl (C=O) groups is 1. The number of H-pyrrole nitrogens is 1. The molecule has 1 atom stereocenters. The van der Waals surface area contributed by atoms with E-state index in [-0.39, 0.29) is 5.97 Å². The molecule has 0 aromatic carbocycles. The summed E-state index contributed by atoms with van der Waals surface area (Å²) in [5, 5.41) is 0. The van der Waals surface area contributed by atoms with Crippen LogP contribution in [0, 0.1) is 16.8 Å². The van der Waals surface area contributed by atoms with Crippen LogP contribution in [0.1, 0.15) is 37.3 Å². The number of carbonyl (C=O) groups excluding carboxylic acids is 1. The zero-order valence-corrected chi connectivity index (χ0v) is 12.2. The molecule has 3 nitrogen and oxygen atoms in total. The molecule has 96 valence electrons. The molecule has 0 spiro atoms. The van der Waals surface area contributed by atoms with E-state index in [1.165, 1.54) is 11.3 Å². The fourth-order valence-electron chi connectivity index (χ4n) is 1.60. The van der Waals surface area contributed by atoms with Gasteiger partial charge in [0.2, 0.25) is 0 Å². The third-order valence-corrected chi connectivity index (χ3v) is 3.88. The summed E-state index contributed by atoms with van der Waals surface area (Å²) in [6, 6.07) is 0. The summed E-state index contributed by atoms with van der Waals surface area (Å²) >= 11 is 6.47. The number of ether oxygens (including phenoxy) is 1. The lowest BCUT2D eigenvalue weighted by Crippen LogP contribution is -2.13. The van der Waals surface area contributed by atoms with Crippen molar-refractivity contribution in [3.05, 3.63) is 14.5 Å². The Kier molecular flexibility index (Phi) is 5.85. The molecule has 17 heavy (non-hydrogen) atoms. The van der Waals surface area contributed by atoms with Crippen molar-refractivity contribution in [1.29, 1.82) is 0 Å². The molecule has 0 aliphatic carbocycles. The van der Waals surface area contributed by atoms with Gasteiger partial charge in [-0.1, -0.05) is 20.3 Å². The monoisotopic (exact) mass is 273 g/mol. The van der Waals surface area contributed by atoms with Gasteiger partial charge in [0, 0.05) is 10.6 Å². The molecule has 1 N–H and O–H groups in total. The molecule has 0 amide bonds. The molecule has 1 aromatic heterocycles. The van der Waals surface area contributed by atoms with Crippen LogP contribution in [0.3, 0.4) is 0 Å². The summed E-state index contributed by atoms with van der Waals surface area (Å²) in [7, 11) is 0. The Morgan fingerprint density at radius 3 is 2.82 bits per heavy atom. The van der Waals surface area contributed by atoms with Gasteiger partial charge in [0.05, 0.1) is 13.0 Å². The topological polar surface area (TPSA) is 42.1 Å². The van der Waals surface area contributed by atoms with E-state index >= 15 is 0 Å². The highest BCUT2D eigenvalue weighted by Crippen LogP contribution is 2.16. The number of aromatic amines is 1. The van der Waals surface area contributed by atoms with Crippen molar-refractivity contribution in [1.82, 2.24) is 4.98 Å². The Hall–Kier alpha value is -0.680. The fourth-order valence-corrected chi connectivity index (χ4v) is 2.88. The summed E-state index contributed by atoms with van der Waals surface area (Å²) in [6.45, 7) is 6.67. The number of thiazole rings is 1. The van der Waals surface area contributed by atoms with E-state index < -0.39 is 0 Å². The van der Waals surface area contributed by atoms with Gasteiger partial charge in [-0.2, -0.15) is 0 Å². The maximum absolute atomic E-state index is 11.6. The number of rotatable bonds is 6. The zero-order chi connectivity index (χ0) is 12.8. The van der Waals surface area contributed by atoms with Crippen LogP contribution in [0.25, 0.3) is 0 Å². The first kappa shape index (κ1) is 14.4. The third-order valence-electron chi connectivity index (χ3n) is 2.54. The highest BCUT2D eigenvalue weighted by Gasteiger charge is 2.11. The van der Waals surface area contributed by atoms with E-state index in [9.17, 15) is 4.79 Å². The van der Waals surface area contributed by atoms with Crippen LogP contribution in [-0.2, 0) is 16.0 Å². The second-order valence-corrected chi connectivity index (χ2v) is 6.09. The average molecular weight is 273 g/mol. The van der Waals surface area contributed by atoms with Crippen molar-refractivity contribution in [3.8, 4) is 0 Å². The van der Waals surface area contributed by atoms with E-state index in [4.69, 9.17) is 17.0 Å². The molecule has 0 saturated heterocycles. The van der Waals surface area contributed by atoms with Crippen LogP contribution in [0.5, 0.6) is 0 Å². The summed E-state index contributed by atoms with van der Waals surface area (Å²) in [5.41, 5.74) is 0.971. The van der Waals surface area contributed by atoms with Crippen molar-refractivity contribution in [2.45, 2.75) is 40.0 Å². The Morgan fingerprint density at radius 2 is 2.29 bits per heavy atom. The molecule has 0 aliphatic heterocycles. The molecule has 0 radical (unpaired) electrons. The highest BCUT2D eigenvalue weighted by molar-refractivity contribution is 7.73. The molecule has 1 rings (SSSR count). The van der Waals surface area contributed by atoms with Crippen LogP contribution >= 0.6 is 23.6 Å². The Bertz CT molecular complexity index is 422. The van der Waals surface area contributed by atoms with E-state index in [1.807, 2.05) is 6.92 Å². The van der Waals surface area contributed by atoms with Crippen molar-refractivity contribution in [3.63, 3.8) is 0 Å². The highest BCUT2D eigenvalue weighted by atomic mass is 32.1. The minimum atomic E-state index is -0.165. The fraction of sp³-hybridized carbons (Fsp3) is 0.667. The van der Waals surface area contributed by atoms with E-state index in [0.29, 0.717) is 22.9 Å². The number of hydrogen-bond donors (Lipinski definition) is 1. The quantitative estimate of drug-likeness (QED) is 0.635. The molecule has 1 unspecified atom stereocenters. The first-order chi connectivity index (χ1) is 8.02. The van der Waals surface area contributed by atoms with Crippen molar-refractivity contribution < 1.29 is 9.53 Å². The van der Waals surface area contributed by atoms with Gasteiger partial charge in [-0.15, -0.1) is 11.3 Å². The first-order valence-corrected chi connectivity index (χ1v) is 7.09. The predicted octanol–water partition coefficient (Wildman–Crippen LogP) is 3.64. The maximum atomic E-state index is 11.6. The molecule has 1 heterocycles. The molecular formula is C12H19NO2S2. The minimum Gasteiger partial charge on any atom is -0.465 e. The molecule has 0 fully saturated rings. The molecule has 1 aromatic rings. The lowest BCUT2D eigenvalue weighted by Gasteiger charge is -2.10. The van der Waals surface area contributed by atoms with Crippen LogP contribution in [0.15, 0.2) is 0 Å². The summed E-state index contributed by atoms with van der Waals surface area (Å²) in [6.07, 6.45) is 2.54. The SMILES string of the molecule is CCCC(C)COC(=O)Cc1sc(=S)[nH]c1C. The molecule has 0 bridgehead atoms. The summed E-state index contributed by atoms with van der Waals surface area (Å²) < 4.78 is 5.96. The number of aromatic nitrogens is 1. The molecule has 0 aliphatic rings. The predicted molar refractivity (Wildman–Crippen MR) is 73.0 cm³/mol. The summed E-state index contributed by atoms with van der Waals surface area (Å²) in [4.78, 5) is 15.6. The second kappa shape index (κ2) is 6.91. The van der Waals surface area contributed by atoms with Crippen LogP contribution < -0.4 is 0 Å². The Morgan fingerprint density at radius 1 is 1.59 bits per heavy atom. The zero-order valence-electron chi connectivity index (χ0n) is 10.5. The van der Waals surface area contributed by atoms with E-state index in [2.05, 4.69) is 18.8 Å². The van der Waals surface area contributed by atoms with Gasteiger partial charge in [0.1, 0.15) is 0 Å². The number of aryl methyl sites for hydroxylation is 1. The van der Waals surface area contributed by atoms with Gasteiger partial charge in [-0.25, -0.2) is 0 Å². The number of nitrogens with one attached hydrogen (secondary N) is 1. The van der Waals surface area contributed by atoms with Gasteiger partial charge in [0.15, 0.2) is 3.95 Å². The smallest absolute Gasteiger partial charge is 0.311 e. The van der Waals surface area contributed by atoms with Crippen molar-refractivity contribution in [2.75, 3.05) is 6.61 Å². The Labute approximate surface area is 111 Å². The van der Waals surface area contributed by atoms with Crippen LogP contribution in [0.2, 0.25) is 0 Å². The lowest BCUT2D eigenvalue weighted by atomic mass is 10.1. The summed E-state index contributed by atoms with van der Waals surface area (Å²) in [5.74, 6) is 0.274. The maximum Gasteiger partial charge on any atom is 0.311 e. The standard InChI is InChI=1S/C12H19NO2S2/c1-4-5-8(2)7-15-11(14)6-10-9(3)13-12(16)17-10/h8H,4-7H2,1-3H3,(H,13,16). The normalized spacial score (nSPS) is 12.4. The largest absolute Gasteiger partial charge is 0.465 e. The van der Waals surface area contributed by atoms with Gasteiger partial charge in [-0.3, -0.25) is 4.79 Å². The average Bonchev–Trinajstić information content (AvgIpc) is 2.55. The van der Waals surface area contributed by atoms with Gasteiger partial charge >= 0.3 is 5.97 Å². The molecule has 0 saturated carbocycles. The second-order valence-electron chi connectivity index (χ2n) is 4.32. The van der Waals surface area contributed by atoms with E-state index in [1.54, 1.807) is 0 Å². The number of hydrogen-bond acceptors (Lipinski definition) is 4. The first-order valence-electron chi connectivity index (χ1n) is 5.87. The molecular weight excluding hydrogens is 254 g/mol. The Balaban J connectivity index is 2.40.